The standard InChI is InChI=1S/C27H32N2O2/c1-20-13-15-24(16-14-20)27(23-11-6-5-7-12-23)31-18-17-29(4)19-25(30)28-26-21(2)9-8-10-22(26)3/h5-16,27H,17-19H2,1-4H3,(H,28,30)/t27-/m1/s1. The molecular formula is C27H32N2O2. The van der Waals surface area contributed by atoms with Crippen molar-refractivity contribution in [3.8, 4) is 0 Å². The molecule has 0 fully saturated rings. The number of para-hydroxylation sites is 1. The number of ether oxygens (including phenoxy) is 1. The van der Waals surface area contributed by atoms with Crippen LogP contribution in [0.1, 0.15) is 33.9 Å². The van der Waals surface area contributed by atoms with Gasteiger partial charge in [-0.3, -0.25) is 9.69 Å². The molecule has 0 spiro atoms. The summed E-state index contributed by atoms with van der Waals surface area (Å²) in [6, 6.07) is 24.7. The lowest BCUT2D eigenvalue weighted by atomic mass is 10.0. The molecule has 1 amide bonds. The Labute approximate surface area is 185 Å². The molecule has 0 saturated carbocycles. The van der Waals surface area contributed by atoms with Crippen molar-refractivity contribution in [1.82, 2.24) is 4.90 Å². The van der Waals surface area contributed by atoms with Gasteiger partial charge in [0.1, 0.15) is 6.10 Å². The van der Waals surface area contributed by atoms with E-state index in [0.29, 0.717) is 19.7 Å². The third kappa shape index (κ3) is 6.51. The third-order valence-electron chi connectivity index (χ3n) is 5.40. The van der Waals surface area contributed by atoms with E-state index in [2.05, 4.69) is 48.6 Å². The summed E-state index contributed by atoms with van der Waals surface area (Å²) in [6.07, 6.45) is -0.126. The number of hydrogen-bond acceptors (Lipinski definition) is 3. The van der Waals surface area contributed by atoms with E-state index in [4.69, 9.17) is 4.74 Å². The number of amides is 1. The lowest BCUT2D eigenvalue weighted by Crippen LogP contribution is -2.33. The summed E-state index contributed by atoms with van der Waals surface area (Å²) in [6.45, 7) is 7.61. The van der Waals surface area contributed by atoms with Crippen LogP contribution in [0.2, 0.25) is 0 Å². The molecule has 31 heavy (non-hydrogen) atoms. The zero-order valence-corrected chi connectivity index (χ0v) is 18.9. The van der Waals surface area contributed by atoms with Crippen LogP contribution in [-0.4, -0.2) is 37.6 Å². The van der Waals surface area contributed by atoms with E-state index >= 15 is 0 Å². The van der Waals surface area contributed by atoms with Crippen molar-refractivity contribution in [2.75, 3.05) is 32.1 Å². The molecule has 1 N–H and O–H groups in total. The number of rotatable bonds is 9. The number of likely N-dealkylation sites (N-methyl/N-ethyl adjacent to an activating group) is 1. The van der Waals surface area contributed by atoms with Gasteiger partial charge in [-0.1, -0.05) is 78.4 Å². The second-order valence-electron chi connectivity index (χ2n) is 8.12. The first-order valence-corrected chi connectivity index (χ1v) is 10.7. The van der Waals surface area contributed by atoms with Crippen LogP contribution in [0.4, 0.5) is 5.69 Å². The highest BCUT2D eigenvalue weighted by atomic mass is 16.5. The van der Waals surface area contributed by atoms with Crippen molar-refractivity contribution in [3.63, 3.8) is 0 Å². The molecule has 3 aromatic rings. The van der Waals surface area contributed by atoms with Crippen LogP contribution < -0.4 is 5.32 Å². The van der Waals surface area contributed by atoms with Gasteiger partial charge in [-0.2, -0.15) is 0 Å². The zero-order valence-electron chi connectivity index (χ0n) is 18.9. The number of nitrogens with zero attached hydrogens (tertiary/aromatic N) is 1. The van der Waals surface area contributed by atoms with Crippen molar-refractivity contribution in [2.24, 2.45) is 0 Å². The SMILES string of the molecule is Cc1ccc([C@H](OCCN(C)CC(=O)Nc2c(C)cccc2C)c2ccccc2)cc1. The van der Waals surface area contributed by atoms with Crippen LogP contribution >= 0.6 is 0 Å². The Hall–Kier alpha value is -2.95. The molecule has 4 heteroatoms. The molecule has 0 aromatic heterocycles. The highest BCUT2D eigenvalue weighted by Gasteiger charge is 2.16. The molecule has 3 aromatic carbocycles. The summed E-state index contributed by atoms with van der Waals surface area (Å²) < 4.78 is 6.29. The van der Waals surface area contributed by atoms with E-state index < -0.39 is 0 Å². The van der Waals surface area contributed by atoms with Crippen molar-refractivity contribution >= 4 is 11.6 Å². The van der Waals surface area contributed by atoms with E-state index in [1.807, 2.05) is 62.2 Å². The van der Waals surface area contributed by atoms with Gasteiger partial charge in [0.15, 0.2) is 0 Å². The summed E-state index contributed by atoms with van der Waals surface area (Å²) in [5.74, 6) is -0.0157. The van der Waals surface area contributed by atoms with E-state index in [9.17, 15) is 4.79 Å². The molecular weight excluding hydrogens is 384 g/mol. The molecule has 3 rings (SSSR count). The second kappa shape index (κ2) is 10.9. The van der Waals surface area contributed by atoms with Crippen LogP contribution in [-0.2, 0) is 9.53 Å². The smallest absolute Gasteiger partial charge is 0.238 e. The number of anilines is 1. The normalized spacial score (nSPS) is 12.0. The largest absolute Gasteiger partial charge is 0.367 e. The minimum absolute atomic E-state index is 0.0157. The maximum Gasteiger partial charge on any atom is 0.238 e. The molecule has 0 aliphatic heterocycles. The van der Waals surface area contributed by atoms with Gasteiger partial charge in [-0.05, 0) is 50.1 Å². The molecule has 0 bridgehead atoms. The predicted molar refractivity (Wildman–Crippen MR) is 127 cm³/mol. The number of aryl methyl sites for hydroxylation is 3. The summed E-state index contributed by atoms with van der Waals surface area (Å²) in [5.41, 5.74) is 6.53. The summed E-state index contributed by atoms with van der Waals surface area (Å²) >= 11 is 0. The van der Waals surface area contributed by atoms with E-state index in [1.165, 1.54) is 5.56 Å². The summed E-state index contributed by atoms with van der Waals surface area (Å²) in [5, 5.41) is 3.04. The number of nitrogens with one attached hydrogen (secondary N) is 1. The first-order chi connectivity index (χ1) is 14.9. The highest BCUT2D eigenvalue weighted by molar-refractivity contribution is 5.93. The quantitative estimate of drug-likeness (QED) is 0.515. The average Bonchev–Trinajstić information content (AvgIpc) is 2.75. The van der Waals surface area contributed by atoms with Gasteiger partial charge in [0.05, 0.1) is 13.2 Å². The Morgan fingerprint density at radius 3 is 2.13 bits per heavy atom. The maximum absolute atomic E-state index is 12.5. The molecule has 162 valence electrons. The molecule has 1 atom stereocenters. The van der Waals surface area contributed by atoms with Gasteiger partial charge in [-0.15, -0.1) is 0 Å². The molecule has 0 aliphatic carbocycles. The first kappa shape index (κ1) is 22.7. The van der Waals surface area contributed by atoms with E-state index in [1.54, 1.807) is 0 Å². The number of benzene rings is 3. The molecule has 0 unspecified atom stereocenters. The van der Waals surface area contributed by atoms with Gasteiger partial charge in [0.25, 0.3) is 0 Å². The lowest BCUT2D eigenvalue weighted by molar-refractivity contribution is -0.117. The Balaban J connectivity index is 1.56. The number of carbonyl (C=O) groups excluding carboxylic acids is 1. The fourth-order valence-electron chi connectivity index (χ4n) is 3.60. The Kier molecular flexibility index (Phi) is 7.99. The fraction of sp³-hybridized carbons (Fsp3) is 0.296. The lowest BCUT2D eigenvalue weighted by Gasteiger charge is -2.22. The van der Waals surface area contributed by atoms with Gasteiger partial charge < -0.3 is 10.1 Å². The van der Waals surface area contributed by atoms with Crippen molar-refractivity contribution in [1.29, 1.82) is 0 Å². The monoisotopic (exact) mass is 416 g/mol. The van der Waals surface area contributed by atoms with Crippen molar-refractivity contribution in [3.05, 3.63) is 101 Å². The zero-order chi connectivity index (χ0) is 22.2. The van der Waals surface area contributed by atoms with E-state index in [-0.39, 0.29) is 12.0 Å². The Morgan fingerprint density at radius 1 is 0.871 bits per heavy atom. The fourth-order valence-corrected chi connectivity index (χ4v) is 3.60. The topological polar surface area (TPSA) is 41.6 Å². The van der Waals surface area contributed by atoms with Gasteiger partial charge in [0.2, 0.25) is 5.91 Å². The maximum atomic E-state index is 12.5. The highest BCUT2D eigenvalue weighted by Crippen LogP contribution is 2.26. The third-order valence-corrected chi connectivity index (χ3v) is 5.40. The number of carbonyl (C=O) groups is 1. The van der Waals surface area contributed by atoms with E-state index in [0.717, 1.165) is 27.9 Å². The number of hydrogen-bond donors (Lipinski definition) is 1. The average molecular weight is 417 g/mol. The molecule has 0 aliphatic rings. The van der Waals surface area contributed by atoms with Gasteiger partial charge in [-0.25, -0.2) is 0 Å². The second-order valence-corrected chi connectivity index (χ2v) is 8.12. The van der Waals surface area contributed by atoms with Crippen LogP contribution in [0.3, 0.4) is 0 Å². The molecule has 0 heterocycles. The van der Waals surface area contributed by atoms with Crippen LogP contribution in [0.25, 0.3) is 0 Å². The van der Waals surface area contributed by atoms with Crippen LogP contribution in [0.15, 0.2) is 72.8 Å². The molecule has 0 saturated heterocycles. The van der Waals surface area contributed by atoms with Crippen LogP contribution in [0, 0.1) is 20.8 Å². The molecule has 4 nitrogen and oxygen atoms in total. The summed E-state index contributed by atoms with van der Waals surface area (Å²) in [4.78, 5) is 14.5. The summed E-state index contributed by atoms with van der Waals surface area (Å²) in [7, 11) is 1.94. The first-order valence-electron chi connectivity index (χ1n) is 10.7. The Morgan fingerprint density at radius 2 is 1.48 bits per heavy atom. The van der Waals surface area contributed by atoms with Crippen molar-refractivity contribution < 1.29 is 9.53 Å². The minimum atomic E-state index is -0.126. The van der Waals surface area contributed by atoms with Crippen molar-refractivity contribution in [2.45, 2.75) is 26.9 Å². The predicted octanol–water partition coefficient (Wildman–Crippen LogP) is 5.29. The van der Waals surface area contributed by atoms with Gasteiger partial charge >= 0.3 is 0 Å². The van der Waals surface area contributed by atoms with Gasteiger partial charge in [0, 0.05) is 12.2 Å². The van der Waals surface area contributed by atoms with Crippen LogP contribution in [0.5, 0.6) is 0 Å². The minimum Gasteiger partial charge on any atom is -0.367 e. The molecule has 0 radical (unpaired) electrons. The Bertz CT molecular complexity index is 964.